The van der Waals surface area contributed by atoms with Crippen LogP contribution in [0.15, 0.2) is 54.6 Å². The Labute approximate surface area is 145 Å². The molecule has 1 amide bonds. The molecule has 2 rings (SSSR count). The van der Waals surface area contributed by atoms with Gasteiger partial charge in [0.15, 0.2) is 6.61 Å². The van der Waals surface area contributed by atoms with E-state index in [9.17, 15) is 9.59 Å². The van der Waals surface area contributed by atoms with E-state index in [4.69, 9.17) is 14.7 Å². The molecule has 6 nitrogen and oxygen atoms in total. The molecule has 0 saturated heterocycles. The first-order valence-corrected chi connectivity index (χ1v) is 7.40. The predicted molar refractivity (Wildman–Crippen MR) is 93.0 cm³/mol. The summed E-state index contributed by atoms with van der Waals surface area (Å²) in [5, 5.41) is 11.1. The molecular weight excluding hydrogens is 320 g/mol. The maximum Gasteiger partial charge on any atom is 0.341 e. The van der Waals surface area contributed by atoms with E-state index in [2.05, 4.69) is 5.32 Å². The number of nitrogens with one attached hydrogen (secondary N) is 1. The number of esters is 1. The molecule has 0 bridgehead atoms. The van der Waals surface area contributed by atoms with Crippen molar-refractivity contribution < 1.29 is 19.1 Å². The molecule has 2 aromatic carbocycles. The standard InChI is InChI=1S/C19H16N2O4/c1-24-15-9-6-14(7-10-15)8-11-18(22)21-17-5-3-2-4-16(17)19(23)25-13-12-20/h2-11H,13H2,1H3,(H,21,22)/b11-8+. The van der Waals surface area contributed by atoms with Gasteiger partial charge in [0.05, 0.1) is 18.4 Å². The molecule has 126 valence electrons. The van der Waals surface area contributed by atoms with Crippen molar-refractivity contribution in [1.82, 2.24) is 0 Å². The molecule has 0 spiro atoms. The van der Waals surface area contributed by atoms with E-state index < -0.39 is 11.9 Å². The number of nitrogens with zero attached hydrogens (tertiary/aromatic N) is 1. The van der Waals surface area contributed by atoms with Crippen molar-refractivity contribution in [2.24, 2.45) is 0 Å². The van der Waals surface area contributed by atoms with Crippen molar-refractivity contribution in [2.75, 3.05) is 19.0 Å². The molecule has 0 aliphatic heterocycles. The molecule has 0 aliphatic carbocycles. The van der Waals surface area contributed by atoms with Gasteiger partial charge in [-0.25, -0.2) is 4.79 Å². The number of amides is 1. The van der Waals surface area contributed by atoms with Gasteiger partial charge in [-0.3, -0.25) is 4.79 Å². The highest BCUT2D eigenvalue weighted by atomic mass is 16.5. The van der Waals surface area contributed by atoms with Crippen molar-refractivity contribution >= 4 is 23.6 Å². The minimum absolute atomic E-state index is 0.184. The summed E-state index contributed by atoms with van der Waals surface area (Å²) in [5.74, 6) is -0.334. The van der Waals surface area contributed by atoms with Crippen LogP contribution in [-0.4, -0.2) is 25.6 Å². The first kappa shape index (κ1) is 17.8. The van der Waals surface area contributed by atoms with Gasteiger partial charge in [-0.1, -0.05) is 24.3 Å². The van der Waals surface area contributed by atoms with Crippen molar-refractivity contribution in [3.05, 3.63) is 65.7 Å². The van der Waals surface area contributed by atoms with Gasteiger partial charge in [0.25, 0.3) is 0 Å². The molecule has 1 N–H and O–H groups in total. The predicted octanol–water partition coefficient (Wildman–Crippen LogP) is 3.03. The highest BCUT2D eigenvalue weighted by Gasteiger charge is 2.13. The summed E-state index contributed by atoms with van der Waals surface area (Å²) in [5.41, 5.74) is 1.33. The van der Waals surface area contributed by atoms with Crippen molar-refractivity contribution in [1.29, 1.82) is 5.26 Å². The molecule has 2 aromatic rings. The average molecular weight is 336 g/mol. The summed E-state index contributed by atoms with van der Waals surface area (Å²) in [6.07, 6.45) is 3.00. The highest BCUT2D eigenvalue weighted by Crippen LogP contribution is 2.17. The van der Waals surface area contributed by atoms with Crippen LogP contribution >= 0.6 is 0 Å². The zero-order valence-corrected chi connectivity index (χ0v) is 13.6. The highest BCUT2D eigenvalue weighted by molar-refractivity contribution is 6.06. The van der Waals surface area contributed by atoms with E-state index >= 15 is 0 Å². The van der Waals surface area contributed by atoms with E-state index in [-0.39, 0.29) is 12.2 Å². The molecule has 0 saturated carbocycles. The summed E-state index contributed by atoms with van der Waals surface area (Å²) in [7, 11) is 1.58. The van der Waals surface area contributed by atoms with Crippen molar-refractivity contribution in [2.45, 2.75) is 0 Å². The summed E-state index contributed by atoms with van der Waals surface area (Å²) in [4.78, 5) is 24.0. The monoisotopic (exact) mass is 336 g/mol. The number of benzene rings is 2. The van der Waals surface area contributed by atoms with Gasteiger partial charge in [-0.15, -0.1) is 0 Å². The maximum absolute atomic E-state index is 12.1. The number of nitriles is 1. The van der Waals surface area contributed by atoms with Crippen LogP contribution in [0.25, 0.3) is 6.08 Å². The first-order chi connectivity index (χ1) is 12.1. The number of ether oxygens (including phenoxy) is 2. The van der Waals surface area contributed by atoms with E-state index in [0.29, 0.717) is 5.69 Å². The fourth-order valence-corrected chi connectivity index (χ4v) is 2.01. The summed E-state index contributed by atoms with van der Waals surface area (Å²) in [6, 6.07) is 15.4. The second kappa shape index (κ2) is 8.89. The van der Waals surface area contributed by atoms with Gasteiger partial charge in [0.1, 0.15) is 11.8 Å². The Hall–Kier alpha value is -3.59. The molecule has 0 radical (unpaired) electrons. The Bertz CT molecular complexity index is 820. The number of hydrogen-bond donors (Lipinski definition) is 1. The summed E-state index contributed by atoms with van der Waals surface area (Å²) in [6.45, 7) is -0.349. The molecule has 0 heterocycles. The third-order valence-corrected chi connectivity index (χ3v) is 3.22. The summed E-state index contributed by atoms with van der Waals surface area (Å²) < 4.78 is 9.84. The number of carbonyl (C=O) groups excluding carboxylic acids is 2. The topological polar surface area (TPSA) is 88.4 Å². The van der Waals surface area contributed by atoms with Gasteiger partial charge < -0.3 is 14.8 Å². The average Bonchev–Trinajstić information content (AvgIpc) is 2.65. The minimum Gasteiger partial charge on any atom is -0.497 e. The Morgan fingerprint density at radius 3 is 2.56 bits per heavy atom. The van der Waals surface area contributed by atoms with Gasteiger partial charge in [-0.05, 0) is 35.9 Å². The number of para-hydroxylation sites is 1. The molecule has 0 atom stereocenters. The molecule has 0 aliphatic rings. The second-order valence-electron chi connectivity index (χ2n) is 4.88. The third kappa shape index (κ3) is 5.22. The second-order valence-corrected chi connectivity index (χ2v) is 4.88. The first-order valence-electron chi connectivity index (χ1n) is 7.40. The molecular formula is C19H16N2O4. The van der Waals surface area contributed by atoms with Gasteiger partial charge in [-0.2, -0.15) is 5.26 Å². The third-order valence-electron chi connectivity index (χ3n) is 3.22. The molecule has 0 unspecified atom stereocenters. The van der Waals surface area contributed by atoms with Crippen molar-refractivity contribution in [3.63, 3.8) is 0 Å². The quantitative estimate of drug-likeness (QED) is 0.647. The summed E-state index contributed by atoms with van der Waals surface area (Å²) >= 11 is 0. The van der Waals surface area contributed by atoms with Gasteiger partial charge >= 0.3 is 5.97 Å². The van der Waals surface area contributed by atoms with Crippen LogP contribution < -0.4 is 10.1 Å². The van der Waals surface area contributed by atoms with E-state index in [1.807, 2.05) is 12.1 Å². The van der Waals surface area contributed by atoms with E-state index in [0.717, 1.165) is 11.3 Å². The van der Waals surface area contributed by atoms with Gasteiger partial charge in [0.2, 0.25) is 5.91 Å². The van der Waals surface area contributed by atoms with Crippen LogP contribution in [0.4, 0.5) is 5.69 Å². The van der Waals surface area contributed by atoms with Crippen LogP contribution in [0.2, 0.25) is 0 Å². The zero-order chi connectivity index (χ0) is 18.1. The van der Waals surface area contributed by atoms with E-state index in [1.54, 1.807) is 49.6 Å². The molecule has 25 heavy (non-hydrogen) atoms. The number of methoxy groups -OCH3 is 1. The number of hydrogen-bond acceptors (Lipinski definition) is 5. The van der Waals surface area contributed by atoms with Crippen LogP contribution in [0, 0.1) is 11.3 Å². The number of rotatable bonds is 6. The molecule has 6 heteroatoms. The van der Waals surface area contributed by atoms with Crippen molar-refractivity contribution in [3.8, 4) is 11.8 Å². The SMILES string of the molecule is COc1ccc(/C=C/C(=O)Nc2ccccc2C(=O)OCC#N)cc1. The normalized spacial score (nSPS) is 10.1. The Morgan fingerprint density at radius 1 is 1.16 bits per heavy atom. The number of carbonyl (C=O) groups is 2. The molecule has 0 fully saturated rings. The largest absolute Gasteiger partial charge is 0.497 e. The Balaban J connectivity index is 2.06. The Kier molecular flexibility index (Phi) is 6.32. The molecule has 0 aromatic heterocycles. The fraction of sp³-hybridized carbons (Fsp3) is 0.105. The van der Waals surface area contributed by atoms with E-state index in [1.165, 1.54) is 12.1 Å². The van der Waals surface area contributed by atoms with Crippen LogP contribution in [-0.2, 0) is 9.53 Å². The van der Waals surface area contributed by atoms with Crippen LogP contribution in [0.5, 0.6) is 5.75 Å². The zero-order valence-electron chi connectivity index (χ0n) is 13.6. The lowest BCUT2D eigenvalue weighted by molar-refractivity contribution is -0.111. The minimum atomic E-state index is -0.670. The number of anilines is 1. The fourth-order valence-electron chi connectivity index (χ4n) is 2.01. The lowest BCUT2D eigenvalue weighted by Crippen LogP contribution is -2.13. The lowest BCUT2D eigenvalue weighted by Gasteiger charge is -2.08. The Morgan fingerprint density at radius 2 is 1.88 bits per heavy atom. The van der Waals surface area contributed by atoms with Crippen LogP contribution in [0.1, 0.15) is 15.9 Å². The van der Waals surface area contributed by atoms with Crippen LogP contribution in [0.3, 0.4) is 0 Å². The van der Waals surface area contributed by atoms with Gasteiger partial charge in [0, 0.05) is 6.08 Å². The lowest BCUT2D eigenvalue weighted by atomic mass is 10.1. The smallest absolute Gasteiger partial charge is 0.341 e. The maximum atomic E-state index is 12.1.